The first kappa shape index (κ1) is 27.1. The average Bonchev–Trinajstić information content (AvgIpc) is 2.87. The number of carboxylic acid groups (broad SMARTS) is 1. The van der Waals surface area contributed by atoms with Crippen LogP contribution in [0.2, 0.25) is 0 Å². The Bertz CT molecular complexity index is 1080. The van der Waals surface area contributed by atoms with E-state index >= 15 is 0 Å². The van der Waals surface area contributed by atoms with Crippen LogP contribution in [0.3, 0.4) is 0 Å². The summed E-state index contributed by atoms with van der Waals surface area (Å²) in [6.45, 7) is 3.11. The molecule has 2 aromatic rings. The minimum Gasteiger partial charge on any atom is -0.507 e. The lowest BCUT2D eigenvalue weighted by Gasteiger charge is -2.42. The minimum atomic E-state index is -1.60. The highest BCUT2D eigenvalue weighted by Gasteiger charge is 2.43. The van der Waals surface area contributed by atoms with Crippen molar-refractivity contribution < 1.29 is 29.3 Å². The summed E-state index contributed by atoms with van der Waals surface area (Å²) in [6.07, 6.45) is 2.64. The Balaban J connectivity index is 1.90. The largest absolute Gasteiger partial charge is 0.507 e. The van der Waals surface area contributed by atoms with Gasteiger partial charge in [-0.25, -0.2) is 0 Å². The molecule has 1 fully saturated rings. The topological polar surface area (TPSA) is 167 Å². The number of nitrogens with one attached hydrogen (secondary N) is 2. The van der Waals surface area contributed by atoms with Gasteiger partial charge in [0.2, 0.25) is 0 Å². The second kappa shape index (κ2) is 12.4. The predicted octanol–water partition coefficient (Wildman–Crippen LogP) is 0.901. The molecule has 1 saturated heterocycles. The number of aldehydes is 1. The molecule has 11 nitrogen and oxygen atoms in total. The standard InChI is InChI=1S/C25H33N5O6/c1-17-13-18(7-10-28-17)23(33)30-12-11-27-14-22(30)29-25(24(34)35,8-2-3-9-26)16-36-21-6-4-5-20(32)19(21)15-31/h4-7,10,13,15,22,27,29,32H,2-3,8-9,11-12,14,16,26H2,1H3,(H,34,35)/t22?,25-/m0/s1. The van der Waals surface area contributed by atoms with Crippen LogP contribution >= 0.6 is 0 Å². The number of unbranched alkanes of at least 4 members (excludes halogenated alkanes) is 1. The number of phenols is 1. The molecule has 1 aliphatic heterocycles. The minimum absolute atomic E-state index is 0.0667. The summed E-state index contributed by atoms with van der Waals surface area (Å²) in [4.78, 5) is 43.3. The number of amides is 1. The molecular weight excluding hydrogens is 466 g/mol. The Hall–Kier alpha value is -3.54. The SMILES string of the molecule is Cc1cc(C(=O)N2CCNCC2N[C@@](CCCCN)(COc2cccc(O)c2C=O)C(=O)O)ccn1. The van der Waals surface area contributed by atoms with E-state index < -0.39 is 17.7 Å². The number of aromatic hydroxyl groups is 1. The Labute approximate surface area is 209 Å². The van der Waals surface area contributed by atoms with Crippen molar-refractivity contribution in [3.8, 4) is 11.5 Å². The number of phenolic OH excluding ortho intramolecular Hbond substituents is 1. The van der Waals surface area contributed by atoms with Crippen LogP contribution in [0.5, 0.6) is 11.5 Å². The molecule has 0 aliphatic carbocycles. The number of nitrogens with zero attached hydrogens (tertiary/aromatic N) is 2. The van der Waals surface area contributed by atoms with Crippen LogP contribution in [0.25, 0.3) is 0 Å². The number of ether oxygens (including phenoxy) is 1. The van der Waals surface area contributed by atoms with Crippen LogP contribution in [0.15, 0.2) is 36.5 Å². The highest BCUT2D eigenvalue weighted by molar-refractivity contribution is 5.94. The summed E-state index contributed by atoms with van der Waals surface area (Å²) in [5.74, 6) is -1.60. The zero-order valence-electron chi connectivity index (χ0n) is 20.3. The molecule has 0 saturated carbocycles. The predicted molar refractivity (Wildman–Crippen MR) is 132 cm³/mol. The van der Waals surface area contributed by atoms with Gasteiger partial charge in [0, 0.05) is 37.1 Å². The molecule has 2 heterocycles. The first-order valence-corrected chi connectivity index (χ1v) is 11.9. The van der Waals surface area contributed by atoms with E-state index in [-0.39, 0.29) is 36.0 Å². The van der Waals surface area contributed by atoms with Gasteiger partial charge in [-0.3, -0.25) is 24.7 Å². The van der Waals surface area contributed by atoms with Crippen molar-refractivity contribution in [1.29, 1.82) is 0 Å². The third-order valence-electron chi connectivity index (χ3n) is 6.19. The number of rotatable bonds is 12. The fraction of sp³-hybridized carbons (Fsp3) is 0.440. The smallest absolute Gasteiger partial charge is 0.327 e. The lowest BCUT2D eigenvalue weighted by molar-refractivity contribution is -0.148. The van der Waals surface area contributed by atoms with Crippen LogP contribution in [0, 0.1) is 6.92 Å². The molecule has 1 amide bonds. The summed E-state index contributed by atoms with van der Waals surface area (Å²) in [7, 11) is 0. The zero-order valence-corrected chi connectivity index (χ0v) is 20.3. The van der Waals surface area contributed by atoms with Crippen molar-refractivity contribution in [3.63, 3.8) is 0 Å². The first-order chi connectivity index (χ1) is 17.3. The van der Waals surface area contributed by atoms with Crippen molar-refractivity contribution in [2.24, 2.45) is 5.73 Å². The number of pyridine rings is 1. The summed E-state index contributed by atoms with van der Waals surface area (Å²) in [6, 6.07) is 7.66. The lowest BCUT2D eigenvalue weighted by Crippen LogP contribution is -2.68. The van der Waals surface area contributed by atoms with Crippen molar-refractivity contribution >= 4 is 18.2 Å². The van der Waals surface area contributed by atoms with Crippen LogP contribution in [-0.2, 0) is 4.79 Å². The molecule has 1 aromatic heterocycles. The molecule has 11 heteroatoms. The summed E-state index contributed by atoms with van der Waals surface area (Å²) in [5.41, 5.74) is 5.14. The second-order valence-electron chi connectivity index (χ2n) is 8.78. The monoisotopic (exact) mass is 499 g/mol. The highest BCUT2D eigenvalue weighted by atomic mass is 16.5. The third-order valence-corrected chi connectivity index (χ3v) is 6.19. The lowest BCUT2D eigenvalue weighted by atomic mass is 9.92. The normalized spacial score (nSPS) is 17.3. The quantitative estimate of drug-likeness (QED) is 0.209. The van der Waals surface area contributed by atoms with Crippen LogP contribution in [-0.4, -0.2) is 82.8 Å². The van der Waals surface area contributed by atoms with Crippen LogP contribution in [0.1, 0.15) is 45.7 Å². The first-order valence-electron chi connectivity index (χ1n) is 11.9. The molecule has 194 valence electrons. The van der Waals surface area contributed by atoms with Gasteiger partial charge in [-0.1, -0.05) is 6.07 Å². The number of aromatic nitrogens is 1. The third kappa shape index (κ3) is 6.36. The van der Waals surface area contributed by atoms with E-state index in [0.29, 0.717) is 56.6 Å². The molecular formula is C25H33N5O6. The van der Waals surface area contributed by atoms with E-state index in [2.05, 4.69) is 15.6 Å². The van der Waals surface area contributed by atoms with E-state index in [9.17, 15) is 24.6 Å². The number of carboxylic acids is 1. The summed E-state index contributed by atoms with van der Waals surface area (Å²) in [5, 5.41) is 26.7. The van der Waals surface area contributed by atoms with Gasteiger partial charge >= 0.3 is 5.97 Å². The number of hydrogen-bond acceptors (Lipinski definition) is 9. The molecule has 0 bridgehead atoms. The maximum absolute atomic E-state index is 13.3. The molecule has 1 unspecified atom stereocenters. The van der Waals surface area contributed by atoms with Gasteiger partial charge < -0.3 is 30.9 Å². The van der Waals surface area contributed by atoms with Crippen LogP contribution in [0.4, 0.5) is 0 Å². The molecule has 6 N–H and O–H groups in total. The van der Waals surface area contributed by atoms with Crippen LogP contribution < -0.4 is 21.1 Å². The molecule has 36 heavy (non-hydrogen) atoms. The van der Waals surface area contributed by atoms with Gasteiger partial charge in [0.25, 0.3) is 5.91 Å². The summed E-state index contributed by atoms with van der Waals surface area (Å²) < 4.78 is 5.81. The number of carbonyl (C=O) groups excluding carboxylic acids is 2. The van der Waals surface area contributed by atoms with Gasteiger partial charge in [0.15, 0.2) is 11.8 Å². The van der Waals surface area contributed by atoms with E-state index in [1.807, 2.05) is 0 Å². The Kier molecular flexibility index (Phi) is 9.34. The molecule has 1 aliphatic rings. The number of carbonyl (C=O) groups is 3. The Morgan fingerprint density at radius 1 is 1.36 bits per heavy atom. The van der Waals surface area contributed by atoms with Crippen molar-refractivity contribution in [1.82, 2.24) is 20.5 Å². The van der Waals surface area contributed by atoms with Crippen molar-refractivity contribution in [3.05, 3.63) is 53.3 Å². The van der Waals surface area contributed by atoms with Gasteiger partial charge in [0.05, 0.1) is 11.7 Å². The zero-order chi connectivity index (χ0) is 26.1. The summed E-state index contributed by atoms with van der Waals surface area (Å²) >= 11 is 0. The maximum atomic E-state index is 13.3. The fourth-order valence-electron chi connectivity index (χ4n) is 4.20. The fourth-order valence-corrected chi connectivity index (χ4v) is 4.20. The van der Waals surface area contributed by atoms with Gasteiger partial charge in [-0.15, -0.1) is 0 Å². The van der Waals surface area contributed by atoms with Crippen molar-refractivity contribution in [2.45, 2.75) is 37.9 Å². The maximum Gasteiger partial charge on any atom is 0.327 e. The number of aliphatic carboxylic acids is 1. The number of hydrogen-bond donors (Lipinski definition) is 5. The Morgan fingerprint density at radius 2 is 2.17 bits per heavy atom. The highest BCUT2D eigenvalue weighted by Crippen LogP contribution is 2.28. The molecule has 0 spiro atoms. The second-order valence-corrected chi connectivity index (χ2v) is 8.78. The molecule has 0 radical (unpaired) electrons. The molecule has 2 atom stereocenters. The number of piperazine rings is 1. The molecule has 1 aromatic carbocycles. The molecule has 3 rings (SSSR count). The van der Waals surface area contributed by atoms with E-state index in [1.165, 1.54) is 18.2 Å². The number of aryl methyl sites for hydroxylation is 1. The van der Waals surface area contributed by atoms with E-state index in [4.69, 9.17) is 10.5 Å². The van der Waals surface area contributed by atoms with Crippen molar-refractivity contribution in [2.75, 3.05) is 32.8 Å². The average molecular weight is 500 g/mol. The van der Waals surface area contributed by atoms with Gasteiger partial charge in [-0.2, -0.15) is 0 Å². The van der Waals surface area contributed by atoms with E-state index in [0.717, 1.165) is 0 Å². The van der Waals surface area contributed by atoms with Gasteiger partial charge in [-0.05, 0) is 57.0 Å². The van der Waals surface area contributed by atoms with E-state index in [1.54, 1.807) is 30.2 Å². The van der Waals surface area contributed by atoms with Gasteiger partial charge in [0.1, 0.15) is 18.1 Å². The number of nitrogens with two attached hydrogens (primary N) is 1. The number of benzene rings is 1. The Morgan fingerprint density at radius 3 is 2.86 bits per heavy atom.